The van der Waals surface area contributed by atoms with Crippen LogP contribution in [0.15, 0.2) is 75.6 Å². The highest BCUT2D eigenvalue weighted by Crippen LogP contribution is 2.32. The van der Waals surface area contributed by atoms with Crippen LogP contribution >= 0.6 is 0 Å². The highest BCUT2D eigenvalue weighted by atomic mass is 16.4. The number of rotatable bonds is 7. The fraction of sp³-hybridized carbons (Fsp3) is 0.174. The topological polar surface area (TPSA) is 81.9 Å². The van der Waals surface area contributed by atoms with Gasteiger partial charge < -0.3 is 14.2 Å². The Balaban J connectivity index is 1.57. The molecule has 0 spiro atoms. The summed E-state index contributed by atoms with van der Waals surface area (Å²) in [6, 6.07) is 22.1. The monoisotopic (exact) mass is 399 g/mol. The van der Waals surface area contributed by atoms with Crippen molar-refractivity contribution >= 4 is 17.0 Å². The highest BCUT2D eigenvalue weighted by Gasteiger charge is 2.20. The van der Waals surface area contributed by atoms with E-state index in [9.17, 15) is 0 Å². The summed E-state index contributed by atoms with van der Waals surface area (Å²) >= 11 is 0. The Bertz CT molecular complexity index is 1240. The third-order valence-corrected chi connectivity index (χ3v) is 4.84. The molecule has 5 rings (SSSR count). The number of benzene rings is 2. The minimum Gasteiger partial charge on any atom is -0.454 e. The number of nitrogens with one attached hydrogen (secondary N) is 1. The summed E-state index contributed by atoms with van der Waals surface area (Å²) in [6.45, 7) is 2.93. The third-order valence-electron chi connectivity index (χ3n) is 4.84. The second kappa shape index (κ2) is 7.87. The van der Waals surface area contributed by atoms with E-state index in [1.807, 2.05) is 66.7 Å². The lowest BCUT2D eigenvalue weighted by molar-refractivity contribution is 0.573. The van der Waals surface area contributed by atoms with Crippen molar-refractivity contribution in [2.75, 3.05) is 11.9 Å². The van der Waals surface area contributed by atoms with E-state index in [-0.39, 0.29) is 0 Å². The molecule has 30 heavy (non-hydrogen) atoms. The van der Waals surface area contributed by atoms with Crippen LogP contribution in [0.4, 0.5) is 6.01 Å². The van der Waals surface area contributed by atoms with Crippen molar-refractivity contribution in [3.63, 3.8) is 0 Å². The molecule has 0 saturated heterocycles. The first-order chi connectivity index (χ1) is 14.8. The van der Waals surface area contributed by atoms with E-state index in [0.29, 0.717) is 29.1 Å². The molecule has 7 heteroatoms. The maximum Gasteiger partial charge on any atom is 0.315 e. The van der Waals surface area contributed by atoms with Crippen LogP contribution in [0, 0.1) is 0 Å². The van der Waals surface area contributed by atoms with Crippen LogP contribution in [-0.4, -0.2) is 26.5 Å². The van der Waals surface area contributed by atoms with Gasteiger partial charge in [-0.1, -0.05) is 54.8 Å². The van der Waals surface area contributed by atoms with Crippen LogP contribution in [0.3, 0.4) is 0 Å². The summed E-state index contributed by atoms with van der Waals surface area (Å²) in [6.07, 6.45) is 2.13. The molecule has 0 bridgehead atoms. The van der Waals surface area contributed by atoms with Gasteiger partial charge >= 0.3 is 6.01 Å². The molecule has 0 aliphatic heterocycles. The third kappa shape index (κ3) is 3.45. The van der Waals surface area contributed by atoms with Crippen molar-refractivity contribution in [3.05, 3.63) is 66.7 Å². The zero-order valence-corrected chi connectivity index (χ0v) is 16.6. The van der Waals surface area contributed by atoms with E-state index < -0.39 is 0 Å². The van der Waals surface area contributed by atoms with Gasteiger partial charge in [0, 0.05) is 18.0 Å². The number of unbranched alkanes of at least 4 members (excludes halogenated alkanes) is 1. The molecule has 5 aromatic rings. The Morgan fingerprint density at radius 3 is 2.60 bits per heavy atom. The molecule has 0 fully saturated rings. The van der Waals surface area contributed by atoms with E-state index in [0.717, 1.165) is 36.0 Å². The summed E-state index contributed by atoms with van der Waals surface area (Å²) in [4.78, 5) is 0. The molecule has 150 valence electrons. The van der Waals surface area contributed by atoms with Crippen LogP contribution in [-0.2, 0) is 0 Å². The van der Waals surface area contributed by atoms with Gasteiger partial charge in [-0.3, -0.25) is 0 Å². The summed E-state index contributed by atoms with van der Waals surface area (Å²) in [5.74, 6) is 1.08. The fourth-order valence-corrected chi connectivity index (χ4v) is 3.30. The molecule has 2 aromatic carbocycles. The molecule has 0 radical (unpaired) electrons. The van der Waals surface area contributed by atoms with Gasteiger partial charge in [0.05, 0.1) is 5.69 Å². The quantitative estimate of drug-likeness (QED) is 0.362. The van der Waals surface area contributed by atoms with Crippen molar-refractivity contribution in [2.24, 2.45) is 0 Å². The van der Waals surface area contributed by atoms with Crippen molar-refractivity contribution in [2.45, 2.75) is 19.8 Å². The lowest BCUT2D eigenvalue weighted by Gasteiger charge is -2.04. The summed E-state index contributed by atoms with van der Waals surface area (Å²) in [5, 5.41) is 17.3. The molecule has 0 atom stereocenters. The number of hydrogen-bond acceptors (Lipinski definition) is 6. The fourth-order valence-electron chi connectivity index (χ4n) is 3.30. The standard InChI is InChI=1S/C23H21N5O2/c1-2-3-13-24-23-26-25-22(30-23)19-15-18(27-28(19)17-10-5-4-6-11-17)21-14-16-9-7-8-12-20(16)29-21/h4-12,14-15H,2-3,13H2,1H3,(H,24,26). The summed E-state index contributed by atoms with van der Waals surface area (Å²) in [7, 11) is 0. The van der Waals surface area contributed by atoms with Gasteiger partial charge in [0.1, 0.15) is 17.0 Å². The summed E-state index contributed by atoms with van der Waals surface area (Å²) in [5.41, 5.74) is 3.12. The van der Waals surface area contributed by atoms with Gasteiger partial charge in [0.15, 0.2) is 5.76 Å². The number of furan rings is 1. The first-order valence-corrected chi connectivity index (χ1v) is 10.0. The number of para-hydroxylation sites is 2. The van der Waals surface area contributed by atoms with E-state index in [1.54, 1.807) is 4.68 Å². The van der Waals surface area contributed by atoms with Crippen molar-refractivity contribution in [1.82, 2.24) is 20.0 Å². The average Bonchev–Trinajstić information content (AvgIpc) is 3.51. The molecule has 3 heterocycles. The Kier molecular flexibility index (Phi) is 4.77. The van der Waals surface area contributed by atoms with E-state index in [1.165, 1.54) is 0 Å². The normalized spacial score (nSPS) is 11.2. The van der Waals surface area contributed by atoms with E-state index >= 15 is 0 Å². The molecule has 7 nitrogen and oxygen atoms in total. The minimum absolute atomic E-state index is 0.396. The first kappa shape index (κ1) is 18.2. The Hall–Kier alpha value is -3.87. The maximum absolute atomic E-state index is 6.01. The Morgan fingerprint density at radius 2 is 1.77 bits per heavy atom. The maximum atomic E-state index is 6.01. The number of hydrogen-bond donors (Lipinski definition) is 1. The smallest absolute Gasteiger partial charge is 0.315 e. The Morgan fingerprint density at radius 1 is 0.933 bits per heavy atom. The lowest BCUT2D eigenvalue weighted by Crippen LogP contribution is -2.00. The van der Waals surface area contributed by atoms with Crippen molar-refractivity contribution in [1.29, 1.82) is 0 Å². The zero-order chi connectivity index (χ0) is 20.3. The number of nitrogens with zero attached hydrogens (tertiary/aromatic N) is 4. The molecule has 0 aliphatic rings. The summed E-state index contributed by atoms with van der Waals surface area (Å²) < 4.78 is 13.7. The van der Waals surface area contributed by atoms with Gasteiger partial charge in [0.25, 0.3) is 5.89 Å². The number of anilines is 1. The minimum atomic E-state index is 0.396. The Labute approximate surface area is 173 Å². The molecule has 0 unspecified atom stereocenters. The number of fused-ring (bicyclic) bond motifs is 1. The molecular weight excluding hydrogens is 378 g/mol. The first-order valence-electron chi connectivity index (χ1n) is 10.0. The van der Waals surface area contributed by atoms with Crippen LogP contribution in [0.25, 0.3) is 39.7 Å². The largest absolute Gasteiger partial charge is 0.454 e. The molecule has 0 aliphatic carbocycles. The van der Waals surface area contributed by atoms with Crippen LogP contribution in [0.1, 0.15) is 19.8 Å². The van der Waals surface area contributed by atoms with Gasteiger partial charge in [-0.15, -0.1) is 5.10 Å². The second-order valence-corrected chi connectivity index (χ2v) is 7.00. The van der Waals surface area contributed by atoms with Crippen molar-refractivity contribution in [3.8, 4) is 28.7 Å². The van der Waals surface area contributed by atoms with Gasteiger partial charge in [-0.2, -0.15) is 5.10 Å². The zero-order valence-electron chi connectivity index (χ0n) is 16.6. The van der Waals surface area contributed by atoms with Gasteiger partial charge in [-0.05, 0) is 30.7 Å². The molecule has 3 aromatic heterocycles. The van der Waals surface area contributed by atoms with Gasteiger partial charge in [-0.25, -0.2) is 4.68 Å². The molecule has 0 amide bonds. The second-order valence-electron chi connectivity index (χ2n) is 7.00. The lowest BCUT2D eigenvalue weighted by atomic mass is 10.2. The number of aromatic nitrogens is 4. The van der Waals surface area contributed by atoms with Crippen LogP contribution in [0.5, 0.6) is 0 Å². The SMILES string of the molecule is CCCCNc1nnc(-c2cc(-c3cc4ccccc4o3)nn2-c2ccccc2)o1. The van der Waals surface area contributed by atoms with Gasteiger partial charge in [0.2, 0.25) is 0 Å². The average molecular weight is 399 g/mol. The molecule has 1 N–H and O–H groups in total. The van der Waals surface area contributed by atoms with E-state index in [4.69, 9.17) is 13.9 Å². The predicted molar refractivity (Wildman–Crippen MR) is 115 cm³/mol. The molecule has 0 saturated carbocycles. The van der Waals surface area contributed by atoms with Crippen molar-refractivity contribution < 1.29 is 8.83 Å². The van der Waals surface area contributed by atoms with Crippen LogP contribution < -0.4 is 5.32 Å². The molecular formula is C23H21N5O2. The van der Waals surface area contributed by atoms with E-state index in [2.05, 4.69) is 22.4 Å². The van der Waals surface area contributed by atoms with Crippen LogP contribution in [0.2, 0.25) is 0 Å². The predicted octanol–water partition coefficient (Wildman–Crippen LogP) is 5.55. The highest BCUT2D eigenvalue weighted by molar-refractivity contribution is 5.82.